The van der Waals surface area contributed by atoms with Gasteiger partial charge in [-0.3, -0.25) is 0 Å². The molecule has 2 aromatic rings. The maximum absolute atomic E-state index is 6.00. The molecule has 1 atom stereocenters. The van der Waals surface area contributed by atoms with E-state index in [4.69, 9.17) is 23.2 Å². The van der Waals surface area contributed by atoms with Crippen LogP contribution in [0.5, 0.6) is 0 Å². The van der Waals surface area contributed by atoms with Gasteiger partial charge in [0.1, 0.15) is 0 Å². The highest BCUT2D eigenvalue weighted by atomic mass is 35.5. The maximum atomic E-state index is 6.00. The third-order valence-electron chi connectivity index (χ3n) is 2.89. The Morgan fingerprint density at radius 2 is 1.89 bits per heavy atom. The van der Waals surface area contributed by atoms with Crippen LogP contribution in [0.4, 0.5) is 5.82 Å². The van der Waals surface area contributed by atoms with Gasteiger partial charge in [-0.05, 0) is 36.8 Å². The normalized spacial score (nSPS) is 12.2. The van der Waals surface area contributed by atoms with E-state index in [1.807, 2.05) is 42.3 Å². The molecule has 0 aliphatic rings. The minimum Gasteiger partial charge on any atom is -0.351 e. The molecule has 0 fully saturated rings. The number of nitrogens with zero attached hydrogens (tertiary/aromatic N) is 3. The second kappa shape index (κ2) is 5.55. The largest absolute Gasteiger partial charge is 0.351 e. The van der Waals surface area contributed by atoms with Crippen LogP contribution in [-0.2, 0) is 0 Å². The molecule has 0 saturated carbocycles. The van der Waals surface area contributed by atoms with Gasteiger partial charge in [-0.15, -0.1) is 10.2 Å². The van der Waals surface area contributed by atoms with E-state index in [0.717, 1.165) is 16.4 Å². The first-order chi connectivity index (χ1) is 8.58. The van der Waals surface area contributed by atoms with Crippen LogP contribution >= 0.6 is 23.2 Å². The molecule has 5 heteroatoms. The van der Waals surface area contributed by atoms with Crippen molar-refractivity contribution in [3.05, 3.63) is 52.1 Å². The van der Waals surface area contributed by atoms with Crippen molar-refractivity contribution in [2.45, 2.75) is 13.0 Å². The molecule has 3 nitrogen and oxygen atoms in total. The summed E-state index contributed by atoms with van der Waals surface area (Å²) in [6.07, 6.45) is 0. The molecule has 1 unspecified atom stereocenters. The number of anilines is 1. The molecule has 1 heterocycles. The van der Waals surface area contributed by atoms with Crippen molar-refractivity contribution in [2.75, 3.05) is 11.9 Å². The zero-order valence-corrected chi connectivity index (χ0v) is 11.7. The Morgan fingerprint density at radius 3 is 2.50 bits per heavy atom. The Bertz CT molecular complexity index is 528. The number of benzene rings is 1. The quantitative estimate of drug-likeness (QED) is 0.852. The lowest BCUT2D eigenvalue weighted by molar-refractivity contribution is 0.720. The Morgan fingerprint density at radius 1 is 1.11 bits per heavy atom. The predicted octanol–water partition coefficient (Wildman–Crippen LogP) is 3.98. The van der Waals surface area contributed by atoms with Crippen LogP contribution < -0.4 is 4.90 Å². The molecule has 1 aromatic carbocycles. The fraction of sp³-hybridized carbons (Fsp3) is 0.231. The molecule has 2 rings (SSSR count). The lowest BCUT2D eigenvalue weighted by Gasteiger charge is -2.25. The fourth-order valence-corrected chi connectivity index (χ4v) is 1.99. The van der Waals surface area contributed by atoms with Gasteiger partial charge in [0, 0.05) is 12.1 Å². The molecular weight excluding hydrogens is 269 g/mol. The lowest BCUT2D eigenvalue weighted by Crippen LogP contribution is -2.22. The highest BCUT2D eigenvalue weighted by molar-refractivity contribution is 6.30. The molecule has 1 aromatic heterocycles. The van der Waals surface area contributed by atoms with E-state index in [-0.39, 0.29) is 6.04 Å². The van der Waals surface area contributed by atoms with Crippen LogP contribution in [0.3, 0.4) is 0 Å². The van der Waals surface area contributed by atoms with Crippen molar-refractivity contribution in [1.29, 1.82) is 0 Å². The number of halogens is 2. The molecule has 18 heavy (non-hydrogen) atoms. The van der Waals surface area contributed by atoms with Gasteiger partial charge in [-0.1, -0.05) is 35.3 Å². The maximum Gasteiger partial charge on any atom is 0.151 e. The minimum atomic E-state index is 0.152. The second-order valence-corrected chi connectivity index (χ2v) is 4.88. The summed E-state index contributed by atoms with van der Waals surface area (Å²) in [6, 6.07) is 11.5. The summed E-state index contributed by atoms with van der Waals surface area (Å²) >= 11 is 11.7. The van der Waals surface area contributed by atoms with Crippen molar-refractivity contribution in [1.82, 2.24) is 10.2 Å². The van der Waals surface area contributed by atoms with Crippen molar-refractivity contribution >= 4 is 29.0 Å². The second-order valence-electron chi connectivity index (χ2n) is 4.06. The Kier molecular flexibility index (Phi) is 4.04. The van der Waals surface area contributed by atoms with Crippen LogP contribution in [0.2, 0.25) is 10.2 Å². The van der Waals surface area contributed by atoms with E-state index in [1.165, 1.54) is 0 Å². The molecule has 0 aliphatic heterocycles. The van der Waals surface area contributed by atoms with Crippen LogP contribution in [0.1, 0.15) is 18.5 Å². The summed E-state index contributed by atoms with van der Waals surface area (Å²) in [5, 5.41) is 9.02. The monoisotopic (exact) mass is 281 g/mol. The summed E-state index contributed by atoms with van der Waals surface area (Å²) < 4.78 is 0. The molecule has 0 N–H and O–H groups in total. The molecule has 94 valence electrons. The molecule has 0 saturated heterocycles. The molecule has 0 aliphatic carbocycles. The van der Waals surface area contributed by atoms with Crippen molar-refractivity contribution < 1.29 is 0 Å². The van der Waals surface area contributed by atoms with Gasteiger partial charge in [0.2, 0.25) is 0 Å². The zero-order chi connectivity index (χ0) is 13.1. The molecule has 0 bridgehead atoms. The minimum absolute atomic E-state index is 0.152. The van der Waals surface area contributed by atoms with E-state index < -0.39 is 0 Å². The van der Waals surface area contributed by atoms with Crippen LogP contribution in [0.25, 0.3) is 0 Å². The molecule has 0 spiro atoms. The summed E-state index contributed by atoms with van der Waals surface area (Å²) in [6.45, 7) is 2.09. The zero-order valence-electron chi connectivity index (χ0n) is 10.1. The first-order valence-corrected chi connectivity index (χ1v) is 6.31. The average molecular weight is 282 g/mol. The van der Waals surface area contributed by atoms with E-state index >= 15 is 0 Å². The number of hydrogen-bond acceptors (Lipinski definition) is 3. The van der Waals surface area contributed by atoms with Crippen LogP contribution in [0, 0.1) is 0 Å². The SMILES string of the molecule is CC(c1cccc(Cl)c1)N(C)c1ccc(Cl)nn1. The Hall–Kier alpha value is -1.32. The van der Waals surface area contributed by atoms with Gasteiger partial charge in [0.15, 0.2) is 11.0 Å². The summed E-state index contributed by atoms with van der Waals surface area (Å²) in [5.41, 5.74) is 1.13. The van der Waals surface area contributed by atoms with Crippen LogP contribution in [0.15, 0.2) is 36.4 Å². The Balaban J connectivity index is 2.23. The van der Waals surface area contributed by atoms with Gasteiger partial charge in [-0.2, -0.15) is 0 Å². The van der Waals surface area contributed by atoms with Crippen molar-refractivity contribution in [3.63, 3.8) is 0 Å². The number of aromatic nitrogens is 2. The van der Waals surface area contributed by atoms with Gasteiger partial charge < -0.3 is 4.90 Å². The molecule has 0 amide bonds. The number of rotatable bonds is 3. The van der Waals surface area contributed by atoms with Crippen molar-refractivity contribution in [2.24, 2.45) is 0 Å². The smallest absolute Gasteiger partial charge is 0.151 e. The van der Waals surface area contributed by atoms with E-state index in [1.54, 1.807) is 6.07 Å². The number of hydrogen-bond donors (Lipinski definition) is 0. The first kappa shape index (κ1) is 13.1. The van der Waals surface area contributed by atoms with E-state index in [0.29, 0.717) is 5.15 Å². The van der Waals surface area contributed by atoms with Gasteiger partial charge in [0.25, 0.3) is 0 Å². The third-order valence-corrected chi connectivity index (χ3v) is 3.33. The van der Waals surface area contributed by atoms with E-state index in [2.05, 4.69) is 17.1 Å². The topological polar surface area (TPSA) is 29.0 Å². The Labute approximate surface area is 116 Å². The highest BCUT2D eigenvalue weighted by Crippen LogP contribution is 2.25. The fourth-order valence-electron chi connectivity index (χ4n) is 1.69. The van der Waals surface area contributed by atoms with Crippen LogP contribution in [-0.4, -0.2) is 17.2 Å². The van der Waals surface area contributed by atoms with Crippen molar-refractivity contribution in [3.8, 4) is 0 Å². The predicted molar refractivity (Wildman–Crippen MR) is 75.3 cm³/mol. The van der Waals surface area contributed by atoms with Gasteiger partial charge in [-0.25, -0.2) is 0 Å². The highest BCUT2D eigenvalue weighted by Gasteiger charge is 2.13. The van der Waals surface area contributed by atoms with Gasteiger partial charge in [0.05, 0.1) is 6.04 Å². The standard InChI is InChI=1S/C13H13Cl2N3/c1-9(10-4-3-5-11(14)8-10)18(2)13-7-6-12(15)16-17-13/h3-9H,1-2H3. The average Bonchev–Trinajstić information content (AvgIpc) is 2.38. The summed E-state index contributed by atoms with van der Waals surface area (Å²) in [5.74, 6) is 0.770. The first-order valence-electron chi connectivity index (χ1n) is 5.55. The summed E-state index contributed by atoms with van der Waals surface area (Å²) in [7, 11) is 1.96. The molecule has 0 radical (unpaired) electrons. The van der Waals surface area contributed by atoms with E-state index in [9.17, 15) is 0 Å². The van der Waals surface area contributed by atoms with Gasteiger partial charge >= 0.3 is 0 Å². The third kappa shape index (κ3) is 2.92. The lowest BCUT2D eigenvalue weighted by atomic mass is 10.1. The summed E-state index contributed by atoms with van der Waals surface area (Å²) in [4.78, 5) is 2.02. The molecular formula is C13H13Cl2N3.